The van der Waals surface area contributed by atoms with Crippen LogP contribution in [0.4, 0.5) is 5.69 Å². The molecule has 1 aromatic rings. The summed E-state index contributed by atoms with van der Waals surface area (Å²) >= 11 is 0. The van der Waals surface area contributed by atoms with Crippen LogP contribution in [0.25, 0.3) is 0 Å². The number of nitrogens with zero attached hydrogens (tertiary/aromatic N) is 1. The fourth-order valence-corrected chi connectivity index (χ4v) is 1.53. The molecule has 1 aliphatic rings. The zero-order valence-corrected chi connectivity index (χ0v) is 10.4. The molecule has 0 unspecified atom stereocenters. The Morgan fingerprint density at radius 3 is 2.84 bits per heavy atom. The van der Waals surface area contributed by atoms with E-state index in [4.69, 9.17) is 9.47 Å². The topological polar surface area (TPSA) is 90.7 Å². The molecule has 1 fully saturated rings. The number of nitrogens with one attached hydrogen (secondary N) is 1. The van der Waals surface area contributed by atoms with E-state index in [0.29, 0.717) is 5.75 Å². The van der Waals surface area contributed by atoms with E-state index in [1.807, 2.05) is 0 Å². The van der Waals surface area contributed by atoms with E-state index in [1.165, 1.54) is 19.2 Å². The van der Waals surface area contributed by atoms with Gasteiger partial charge in [-0.25, -0.2) is 0 Å². The SMILES string of the molecule is COc1ccc(OCC(=O)NC2CC2)c([N+](=O)[O-])c1. The summed E-state index contributed by atoms with van der Waals surface area (Å²) in [6.07, 6.45) is 1.96. The maximum Gasteiger partial charge on any atom is 0.314 e. The minimum atomic E-state index is -0.573. The Hall–Kier alpha value is -2.31. The highest BCUT2D eigenvalue weighted by Gasteiger charge is 2.24. The van der Waals surface area contributed by atoms with Gasteiger partial charge in [0.1, 0.15) is 5.75 Å². The summed E-state index contributed by atoms with van der Waals surface area (Å²) in [5.74, 6) is 0.144. The largest absolute Gasteiger partial charge is 0.496 e. The lowest BCUT2D eigenvalue weighted by atomic mass is 10.3. The summed E-state index contributed by atoms with van der Waals surface area (Å²) < 4.78 is 10.1. The van der Waals surface area contributed by atoms with Gasteiger partial charge in [0.05, 0.1) is 18.1 Å². The lowest BCUT2D eigenvalue weighted by Gasteiger charge is -2.08. The first kappa shape index (κ1) is 13.1. The van der Waals surface area contributed by atoms with Crippen molar-refractivity contribution in [3.05, 3.63) is 28.3 Å². The molecule has 2 rings (SSSR count). The van der Waals surface area contributed by atoms with E-state index in [2.05, 4.69) is 5.32 Å². The van der Waals surface area contributed by atoms with Gasteiger partial charge in [-0.1, -0.05) is 0 Å². The zero-order chi connectivity index (χ0) is 13.8. The van der Waals surface area contributed by atoms with Crippen molar-refractivity contribution >= 4 is 11.6 Å². The molecule has 0 saturated heterocycles. The van der Waals surface area contributed by atoms with Crippen LogP contribution in [0.15, 0.2) is 18.2 Å². The second-order valence-corrected chi connectivity index (χ2v) is 4.22. The summed E-state index contributed by atoms with van der Waals surface area (Å²) in [6, 6.07) is 4.46. The lowest BCUT2D eigenvalue weighted by molar-refractivity contribution is -0.385. The Labute approximate surface area is 109 Å². The molecule has 1 saturated carbocycles. The third-order valence-electron chi connectivity index (χ3n) is 2.66. The molecular formula is C12H14N2O5. The molecule has 0 aliphatic heterocycles. The summed E-state index contributed by atoms with van der Waals surface area (Å²) in [5.41, 5.74) is -0.224. The van der Waals surface area contributed by atoms with Crippen LogP contribution in [0.3, 0.4) is 0 Å². The van der Waals surface area contributed by atoms with Gasteiger partial charge in [-0.3, -0.25) is 14.9 Å². The van der Waals surface area contributed by atoms with Crippen LogP contribution in [0.5, 0.6) is 11.5 Å². The highest BCUT2D eigenvalue weighted by atomic mass is 16.6. The molecule has 0 spiro atoms. The highest BCUT2D eigenvalue weighted by Crippen LogP contribution is 2.30. The molecule has 7 heteroatoms. The number of carbonyl (C=O) groups is 1. The van der Waals surface area contributed by atoms with Crippen LogP contribution in [0, 0.1) is 10.1 Å². The van der Waals surface area contributed by atoms with Crippen LogP contribution in [-0.4, -0.2) is 30.6 Å². The fraction of sp³-hybridized carbons (Fsp3) is 0.417. The average molecular weight is 266 g/mol. The fourth-order valence-electron chi connectivity index (χ4n) is 1.53. The predicted molar refractivity (Wildman–Crippen MR) is 66.3 cm³/mol. The minimum Gasteiger partial charge on any atom is -0.496 e. The van der Waals surface area contributed by atoms with E-state index in [1.54, 1.807) is 6.07 Å². The van der Waals surface area contributed by atoms with E-state index in [9.17, 15) is 14.9 Å². The first-order valence-electron chi connectivity index (χ1n) is 5.84. The number of hydrogen-bond donors (Lipinski definition) is 1. The van der Waals surface area contributed by atoms with Crippen molar-refractivity contribution in [1.82, 2.24) is 5.32 Å². The number of nitro benzene ring substituents is 1. The number of benzene rings is 1. The van der Waals surface area contributed by atoms with Gasteiger partial charge < -0.3 is 14.8 Å². The van der Waals surface area contributed by atoms with Crippen molar-refractivity contribution in [2.45, 2.75) is 18.9 Å². The van der Waals surface area contributed by atoms with Crippen molar-refractivity contribution in [1.29, 1.82) is 0 Å². The smallest absolute Gasteiger partial charge is 0.314 e. The number of ether oxygens (including phenoxy) is 2. The van der Waals surface area contributed by atoms with Crippen molar-refractivity contribution in [3.63, 3.8) is 0 Å². The molecule has 102 valence electrons. The number of methoxy groups -OCH3 is 1. The van der Waals surface area contributed by atoms with Crippen molar-refractivity contribution < 1.29 is 19.2 Å². The van der Waals surface area contributed by atoms with Crippen LogP contribution in [0.1, 0.15) is 12.8 Å². The highest BCUT2D eigenvalue weighted by molar-refractivity contribution is 5.78. The maximum atomic E-state index is 11.4. The Balaban J connectivity index is 2.01. The molecule has 1 aromatic carbocycles. The standard InChI is InChI=1S/C12H14N2O5/c1-18-9-4-5-11(10(6-9)14(16)17)19-7-12(15)13-8-2-3-8/h4-6,8H,2-3,7H2,1H3,(H,13,15). The molecule has 1 amide bonds. The van der Waals surface area contributed by atoms with Gasteiger partial charge >= 0.3 is 5.69 Å². The van der Waals surface area contributed by atoms with E-state index >= 15 is 0 Å². The van der Waals surface area contributed by atoms with Crippen LogP contribution in [0.2, 0.25) is 0 Å². The maximum absolute atomic E-state index is 11.4. The monoisotopic (exact) mass is 266 g/mol. The zero-order valence-electron chi connectivity index (χ0n) is 10.4. The van der Waals surface area contributed by atoms with Gasteiger partial charge in [-0.05, 0) is 25.0 Å². The number of carbonyl (C=O) groups excluding carboxylic acids is 1. The summed E-state index contributed by atoms with van der Waals surface area (Å²) in [5, 5.41) is 13.6. The van der Waals surface area contributed by atoms with E-state index in [-0.39, 0.29) is 30.0 Å². The first-order valence-corrected chi connectivity index (χ1v) is 5.84. The van der Waals surface area contributed by atoms with E-state index in [0.717, 1.165) is 12.8 Å². The van der Waals surface area contributed by atoms with E-state index < -0.39 is 4.92 Å². The van der Waals surface area contributed by atoms with Gasteiger partial charge in [0, 0.05) is 6.04 Å². The Bertz CT molecular complexity index is 499. The lowest BCUT2D eigenvalue weighted by Crippen LogP contribution is -2.30. The minimum absolute atomic E-state index is 0.0525. The average Bonchev–Trinajstić information content (AvgIpc) is 3.20. The third kappa shape index (κ3) is 3.57. The number of nitro groups is 1. The molecule has 1 aliphatic carbocycles. The predicted octanol–water partition coefficient (Wildman–Crippen LogP) is 1.26. The van der Waals surface area contributed by atoms with Gasteiger partial charge in [0.25, 0.3) is 5.91 Å². The van der Waals surface area contributed by atoms with Crippen LogP contribution in [-0.2, 0) is 4.79 Å². The summed E-state index contributed by atoms with van der Waals surface area (Å²) in [7, 11) is 1.42. The normalized spacial score (nSPS) is 13.7. The second kappa shape index (κ2) is 5.55. The van der Waals surface area contributed by atoms with Crippen molar-refractivity contribution in [2.75, 3.05) is 13.7 Å². The molecule has 0 radical (unpaired) electrons. The second-order valence-electron chi connectivity index (χ2n) is 4.22. The molecule has 1 N–H and O–H groups in total. The van der Waals surface area contributed by atoms with Gasteiger partial charge in [-0.2, -0.15) is 0 Å². The molecule has 0 bridgehead atoms. The number of amides is 1. The molecular weight excluding hydrogens is 252 g/mol. The molecule has 7 nitrogen and oxygen atoms in total. The number of hydrogen-bond acceptors (Lipinski definition) is 5. The Kier molecular flexibility index (Phi) is 3.84. The molecule has 0 atom stereocenters. The van der Waals surface area contributed by atoms with Crippen molar-refractivity contribution in [3.8, 4) is 11.5 Å². The van der Waals surface area contributed by atoms with Gasteiger partial charge in [0.2, 0.25) is 0 Å². The Morgan fingerprint density at radius 1 is 1.53 bits per heavy atom. The van der Waals surface area contributed by atoms with Gasteiger partial charge in [-0.15, -0.1) is 0 Å². The Morgan fingerprint density at radius 2 is 2.26 bits per heavy atom. The first-order chi connectivity index (χ1) is 9.10. The van der Waals surface area contributed by atoms with Gasteiger partial charge in [0.15, 0.2) is 12.4 Å². The van der Waals surface area contributed by atoms with Crippen LogP contribution < -0.4 is 14.8 Å². The quantitative estimate of drug-likeness (QED) is 0.618. The van der Waals surface area contributed by atoms with Crippen molar-refractivity contribution in [2.24, 2.45) is 0 Å². The van der Waals surface area contributed by atoms with Crippen LogP contribution >= 0.6 is 0 Å². The summed E-state index contributed by atoms with van der Waals surface area (Å²) in [4.78, 5) is 21.8. The summed E-state index contributed by atoms with van der Waals surface area (Å²) in [6.45, 7) is -0.232. The molecule has 0 heterocycles. The third-order valence-corrected chi connectivity index (χ3v) is 2.66. The number of rotatable bonds is 6. The molecule has 0 aromatic heterocycles. The molecule has 19 heavy (non-hydrogen) atoms.